The Kier molecular flexibility index (Phi) is 8.22. The maximum Gasteiger partial charge on any atom is 0.0728 e. The van der Waals surface area contributed by atoms with Crippen molar-refractivity contribution < 1.29 is 0 Å². The SMILES string of the molecule is CC12C=CC=CC1c1ccccc1N2c1ccc2c(c1)C1(c3cc(-n4c5ccccc5c5ccccc54)ccc3-2)c2cc(-n3c4ccccc4c4ccccc43)ccc2-c2ccc(-n3c4ccccc4c4ccccc43)cc21. The van der Waals surface area contributed by atoms with E-state index < -0.39 is 5.41 Å². The molecule has 0 saturated heterocycles. The third-order valence-electron chi connectivity index (χ3n) is 18.5. The van der Waals surface area contributed by atoms with Gasteiger partial charge in [0.2, 0.25) is 0 Å². The van der Waals surface area contributed by atoms with E-state index in [-0.39, 0.29) is 11.5 Å². The monoisotopic (exact) mass is 992 g/mol. The Morgan fingerprint density at radius 3 is 1.03 bits per heavy atom. The summed E-state index contributed by atoms with van der Waals surface area (Å²) in [6, 6.07) is 92.0. The molecule has 4 heterocycles. The van der Waals surface area contributed by atoms with Gasteiger partial charge < -0.3 is 18.6 Å². The van der Waals surface area contributed by atoms with E-state index in [0.29, 0.717) is 0 Å². The van der Waals surface area contributed by atoms with Crippen LogP contribution in [-0.2, 0) is 5.41 Å². The van der Waals surface area contributed by atoms with E-state index in [9.17, 15) is 0 Å². The van der Waals surface area contributed by atoms with E-state index in [1.807, 2.05) is 0 Å². The molecule has 18 rings (SSSR count). The second-order valence-electron chi connectivity index (χ2n) is 22.1. The molecule has 3 aliphatic carbocycles. The standard InChI is InChI=1S/C74H48N4/c1-73-41-17-16-25-61(73)60-24-8-15-32-72(60)78(73)49-36-40-53-52-39-35-48(77-70-30-13-6-22-58(70)59-23-7-14-31-71(59)77)44-64(52)74(65(53)45-49)62-42-46(75-66-26-9-2-18-54(66)55-19-3-10-27-67(55)75)33-37-50(62)51-38-34-47(43-63(51)74)76-68-28-11-4-20-56(68)57-21-5-12-29-69(57)76/h2-45,61H,1H3. The van der Waals surface area contributed by atoms with Crippen LogP contribution in [0.15, 0.2) is 267 Å². The van der Waals surface area contributed by atoms with Crippen molar-refractivity contribution in [3.05, 3.63) is 295 Å². The van der Waals surface area contributed by atoms with Crippen LogP contribution in [0.25, 0.3) is 105 Å². The number of nitrogens with zero attached hydrogens (tertiary/aromatic N) is 4. The zero-order valence-corrected chi connectivity index (χ0v) is 42.8. The molecule has 1 aliphatic heterocycles. The Labute approximate surface area is 450 Å². The van der Waals surface area contributed by atoms with Gasteiger partial charge in [-0.3, -0.25) is 0 Å². The number of para-hydroxylation sites is 7. The fourth-order valence-electron chi connectivity index (χ4n) is 15.3. The predicted molar refractivity (Wildman–Crippen MR) is 324 cm³/mol. The van der Waals surface area contributed by atoms with Crippen molar-refractivity contribution >= 4 is 76.8 Å². The van der Waals surface area contributed by atoms with Gasteiger partial charge in [0.15, 0.2) is 0 Å². The molecule has 0 N–H and O–H groups in total. The Morgan fingerprint density at radius 1 is 0.321 bits per heavy atom. The highest BCUT2D eigenvalue weighted by Gasteiger charge is 2.54. The van der Waals surface area contributed by atoms with Crippen molar-refractivity contribution in [3.63, 3.8) is 0 Å². The molecule has 2 atom stereocenters. The minimum atomic E-state index is -0.758. The summed E-state index contributed by atoms with van der Waals surface area (Å²) < 4.78 is 7.49. The lowest BCUT2D eigenvalue weighted by molar-refractivity contribution is 0.542. The number of aromatic nitrogens is 3. The maximum absolute atomic E-state index is 2.63. The van der Waals surface area contributed by atoms with E-state index in [2.05, 4.69) is 292 Å². The number of hydrogen-bond donors (Lipinski definition) is 0. The number of allylic oxidation sites excluding steroid dienone is 2. The summed E-state index contributed by atoms with van der Waals surface area (Å²) in [5, 5.41) is 7.52. The van der Waals surface area contributed by atoms with Gasteiger partial charge in [-0.25, -0.2) is 0 Å². The first-order chi connectivity index (χ1) is 38.6. The third kappa shape index (κ3) is 5.25. The molecule has 0 radical (unpaired) electrons. The second kappa shape index (κ2) is 15.2. The lowest BCUT2D eigenvalue weighted by atomic mass is 9.70. The average Bonchev–Trinajstić information content (AvgIpc) is 4.48. The minimum Gasteiger partial charge on any atom is -0.331 e. The van der Waals surface area contributed by atoms with E-state index in [1.165, 1.54) is 127 Å². The third-order valence-corrected chi connectivity index (χ3v) is 18.5. The summed E-state index contributed by atoms with van der Waals surface area (Å²) in [7, 11) is 0. The highest BCUT2D eigenvalue weighted by Crippen LogP contribution is 2.65. The van der Waals surface area contributed by atoms with Gasteiger partial charge in [-0.2, -0.15) is 0 Å². The molecule has 2 unspecified atom stereocenters. The topological polar surface area (TPSA) is 18.0 Å². The summed E-state index contributed by atoms with van der Waals surface area (Å²) in [6.45, 7) is 2.42. The predicted octanol–water partition coefficient (Wildman–Crippen LogP) is 18.4. The van der Waals surface area contributed by atoms with E-state index in [1.54, 1.807) is 0 Å². The average molecular weight is 993 g/mol. The Hall–Kier alpha value is -9.90. The first-order valence-electron chi connectivity index (χ1n) is 27.4. The first-order valence-corrected chi connectivity index (χ1v) is 27.4. The summed E-state index contributed by atoms with van der Waals surface area (Å²) in [5.74, 6) is 0.211. The van der Waals surface area contributed by atoms with Crippen molar-refractivity contribution in [2.75, 3.05) is 4.90 Å². The number of rotatable bonds is 4. The smallest absolute Gasteiger partial charge is 0.0728 e. The van der Waals surface area contributed by atoms with Crippen LogP contribution < -0.4 is 4.90 Å². The molecule has 4 nitrogen and oxygen atoms in total. The van der Waals surface area contributed by atoms with Gasteiger partial charge >= 0.3 is 0 Å². The zero-order valence-electron chi connectivity index (χ0n) is 42.8. The highest BCUT2D eigenvalue weighted by molar-refractivity contribution is 6.12. The Balaban J connectivity index is 0.984. The minimum absolute atomic E-state index is 0.211. The number of fused-ring (bicyclic) bond motifs is 22. The number of hydrogen-bond acceptors (Lipinski definition) is 1. The van der Waals surface area contributed by atoms with Crippen LogP contribution in [-0.4, -0.2) is 19.2 Å². The maximum atomic E-state index is 2.63. The summed E-state index contributed by atoms with van der Waals surface area (Å²) in [5.41, 5.74) is 23.6. The molecule has 0 bridgehead atoms. The number of anilines is 2. The van der Waals surface area contributed by atoms with Gasteiger partial charge in [0.05, 0.1) is 44.1 Å². The summed E-state index contributed by atoms with van der Waals surface area (Å²) in [6.07, 6.45) is 9.29. The van der Waals surface area contributed by atoms with Gasteiger partial charge in [0.1, 0.15) is 0 Å². The molecule has 4 aliphatic rings. The first kappa shape index (κ1) is 42.3. The fraction of sp³-hybridized carbons (Fsp3) is 0.0541. The van der Waals surface area contributed by atoms with Gasteiger partial charge in [0, 0.05) is 66.7 Å². The molecule has 0 saturated carbocycles. The van der Waals surface area contributed by atoms with Crippen LogP contribution in [0, 0.1) is 0 Å². The molecule has 14 aromatic rings. The van der Waals surface area contributed by atoms with E-state index in [4.69, 9.17) is 0 Å². The largest absolute Gasteiger partial charge is 0.331 e. The Bertz CT molecular complexity index is 4530. The molecule has 0 fully saturated rings. The zero-order chi connectivity index (χ0) is 51.0. The van der Waals surface area contributed by atoms with Crippen molar-refractivity contribution in [2.24, 2.45) is 0 Å². The fourth-order valence-corrected chi connectivity index (χ4v) is 15.3. The van der Waals surface area contributed by atoms with Crippen LogP contribution in [0.5, 0.6) is 0 Å². The molecule has 78 heavy (non-hydrogen) atoms. The molecule has 11 aromatic carbocycles. The van der Waals surface area contributed by atoms with E-state index >= 15 is 0 Å². The summed E-state index contributed by atoms with van der Waals surface area (Å²) >= 11 is 0. The normalized spacial score (nSPS) is 17.2. The van der Waals surface area contributed by atoms with E-state index in [0.717, 1.165) is 17.1 Å². The molecule has 1 spiro atoms. The molecule has 4 heteroatoms. The van der Waals surface area contributed by atoms with Crippen molar-refractivity contribution in [1.29, 1.82) is 0 Å². The van der Waals surface area contributed by atoms with Crippen molar-refractivity contribution in [1.82, 2.24) is 13.7 Å². The van der Waals surface area contributed by atoms with Crippen LogP contribution in [0.4, 0.5) is 11.4 Å². The van der Waals surface area contributed by atoms with Gasteiger partial charge in [0.25, 0.3) is 0 Å². The van der Waals surface area contributed by atoms with Crippen LogP contribution >= 0.6 is 0 Å². The lowest BCUT2D eigenvalue weighted by Crippen LogP contribution is -2.42. The van der Waals surface area contributed by atoms with Crippen molar-refractivity contribution in [2.45, 2.75) is 23.8 Å². The van der Waals surface area contributed by atoms with Gasteiger partial charge in [-0.1, -0.05) is 176 Å². The van der Waals surface area contributed by atoms with Crippen molar-refractivity contribution in [3.8, 4) is 39.3 Å². The molecule has 364 valence electrons. The van der Waals surface area contributed by atoms with Crippen LogP contribution in [0.2, 0.25) is 0 Å². The molecular formula is C74H48N4. The molecular weight excluding hydrogens is 945 g/mol. The van der Waals surface area contributed by atoms with Crippen LogP contribution in [0.1, 0.15) is 40.7 Å². The van der Waals surface area contributed by atoms with Crippen LogP contribution in [0.3, 0.4) is 0 Å². The Morgan fingerprint density at radius 2 is 0.641 bits per heavy atom. The van der Waals surface area contributed by atoms with Gasteiger partial charge in [-0.15, -0.1) is 0 Å². The number of benzene rings is 11. The molecule has 0 amide bonds. The second-order valence-corrected chi connectivity index (χ2v) is 22.1. The lowest BCUT2D eigenvalue weighted by Gasteiger charge is -2.40. The highest BCUT2D eigenvalue weighted by atomic mass is 15.2. The summed E-state index contributed by atoms with van der Waals surface area (Å²) in [4.78, 5) is 2.63. The quantitative estimate of drug-likeness (QED) is 0.172. The molecule has 3 aromatic heterocycles. The van der Waals surface area contributed by atoms with Gasteiger partial charge in [-0.05, 0) is 148 Å².